The van der Waals surface area contributed by atoms with Gasteiger partial charge in [0.15, 0.2) is 5.69 Å². The van der Waals surface area contributed by atoms with Gasteiger partial charge in [0.1, 0.15) is 5.82 Å². The molecule has 0 saturated carbocycles. The fourth-order valence-corrected chi connectivity index (χ4v) is 1.36. The summed E-state index contributed by atoms with van der Waals surface area (Å²) >= 11 is 0. The Labute approximate surface area is 105 Å². The van der Waals surface area contributed by atoms with Crippen LogP contribution in [0.25, 0.3) is 0 Å². The Balaban J connectivity index is 2.61. The Bertz CT molecular complexity index is 434. The highest BCUT2D eigenvalue weighted by Gasteiger charge is 2.10. The molecule has 6 heteroatoms. The summed E-state index contributed by atoms with van der Waals surface area (Å²) in [7, 11) is 1.74. The van der Waals surface area contributed by atoms with Gasteiger partial charge in [0.2, 0.25) is 0 Å². The van der Waals surface area contributed by atoms with Gasteiger partial charge in [-0.2, -0.15) is 0 Å². The van der Waals surface area contributed by atoms with Gasteiger partial charge in [-0.05, 0) is 19.1 Å². The van der Waals surface area contributed by atoms with Gasteiger partial charge in [0.25, 0.3) is 0 Å². The first-order valence-electron chi connectivity index (χ1n) is 5.61. The maximum Gasteiger partial charge on any atom is 0.354 e. The lowest BCUT2D eigenvalue weighted by Crippen LogP contribution is -2.23. The van der Waals surface area contributed by atoms with E-state index in [0.717, 1.165) is 0 Å². The minimum atomic E-state index is -1.07. The van der Waals surface area contributed by atoms with Gasteiger partial charge in [-0.1, -0.05) is 6.07 Å². The predicted molar refractivity (Wildman–Crippen MR) is 65.7 cm³/mol. The number of carboxylic acids is 1. The lowest BCUT2D eigenvalue weighted by molar-refractivity contribution is -0.142. The summed E-state index contributed by atoms with van der Waals surface area (Å²) in [5, 5.41) is 8.82. The summed E-state index contributed by atoms with van der Waals surface area (Å²) in [4.78, 5) is 27.6. The first-order valence-corrected chi connectivity index (χ1v) is 5.61. The fraction of sp³-hybridized carbons (Fsp3) is 0.417. The first kappa shape index (κ1) is 14.0. The van der Waals surface area contributed by atoms with E-state index in [-0.39, 0.29) is 18.1 Å². The minimum Gasteiger partial charge on any atom is -0.477 e. The maximum absolute atomic E-state index is 11.2. The van der Waals surface area contributed by atoms with Gasteiger partial charge in [0.05, 0.1) is 13.0 Å². The van der Waals surface area contributed by atoms with Crippen LogP contribution in [0.2, 0.25) is 0 Å². The smallest absolute Gasteiger partial charge is 0.354 e. The highest BCUT2D eigenvalue weighted by molar-refractivity contribution is 5.85. The first-order chi connectivity index (χ1) is 8.54. The van der Waals surface area contributed by atoms with Crippen LogP contribution in [0.4, 0.5) is 5.82 Å². The average Bonchev–Trinajstić information content (AvgIpc) is 2.36. The third-order valence-electron chi connectivity index (χ3n) is 2.30. The Morgan fingerprint density at radius 1 is 1.44 bits per heavy atom. The summed E-state index contributed by atoms with van der Waals surface area (Å²) < 4.78 is 4.81. The molecule has 1 aromatic heterocycles. The van der Waals surface area contributed by atoms with Crippen molar-refractivity contribution in [2.75, 3.05) is 25.1 Å². The zero-order valence-electron chi connectivity index (χ0n) is 10.4. The van der Waals surface area contributed by atoms with Crippen molar-refractivity contribution in [3.8, 4) is 0 Å². The van der Waals surface area contributed by atoms with Crippen molar-refractivity contribution in [2.24, 2.45) is 0 Å². The van der Waals surface area contributed by atoms with Gasteiger partial charge in [-0.25, -0.2) is 9.78 Å². The third-order valence-corrected chi connectivity index (χ3v) is 2.30. The van der Waals surface area contributed by atoms with E-state index < -0.39 is 5.97 Å². The molecule has 1 heterocycles. The number of carboxylic acid groups (broad SMARTS) is 1. The number of hydrogen-bond acceptors (Lipinski definition) is 5. The third kappa shape index (κ3) is 4.04. The molecule has 1 aromatic rings. The normalized spacial score (nSPS) is 9.89. The van der Waals surface area contributed by atoms with Crippen LogP contribution in [-0.2, 0) is 9.53 Å². The van der Waals surface area contributed by atoms with Crippen LogP contribution < -0.4 is 4.90 Å². The molecule has 0 saturated heterocycles. The molecule has 0 fully saturated rings. The summed E-state index contributed by atoms with van der Waals surface area (Å²) in [5.41, 5.74) is -0.0181. The molecule has 0 bridgehead atoms. The molecular weight excluding hydrogens is 236 g/mol. The van der Waals surface area contributed by atoms with E-state index in [2.05, 4.69) is 4.98 Å². The Morgan fingerprint density at radius 2 is 2.17 bits per heavy atom. The van der Waals surface area contributed by atoms with E-state index in [4.69, 9.17) is 9.84 Å². The van der Waals surface area contributed by atoms with Gasteiger partial charge < -0.3 is 14.7 Å². The number of ether oxygens (including phenoxy) is 1. The Kier molecular flexibility index (Phi) is 5.10. The van der Waals surface area contributed by atoms with Crippen LogP contribution in [0, 0.1) is 0 Å². The van der Waals surface area contributed by atoms with Crippen LogP contribution in [0.3, 0.4) is 0 Å². The molecule has 0 aliphatic heterocycles. The van der Waals surface area contributed by atoms with E-state index in [1.54, 1.807) is 31.0 Å². The maximum atomic E-state index is 11.2. The topological polar surface area (TPSA) is 79.7 Å². The summed E-state index contributed by atoms with van der Waals surface area (Å²) in [6.45, 7) is 2.53. The summed E-state index contributed by atoms with van der Waals surface area (Å²) in [6, 6.07) is 4.73. The quantitative estimate of drug-likeness (QED) is 0.765. The summed E-state index contributed by atoms with van der Waals surface area (Å²) in [5.74, 6) is -0.839. The second kappa shape index (κ2) is 6.58. The minimum absolute atomic E-state index is 0.0181. The summed E-state index contributed by atoms with van der Waals surface area (Å²) in [6.07, 6.45) is 0.239. The molecule has 0 amide bonds. The number of pyridine rings is 1. The van der Waals surface area contributed by atoms with E-state index >= 15 is 0 Å². The van der Waals surface area contributed by atoms with Crippen molar-refractivity contribution in [3.05, 3.63) is 23.9 Å². The molecular formula is C12H16N2O4. The van der Waals surface area contributed by atoms with E-state index in [9.17, 15) is 9.59 Å². The highest BCUT2D eigenvalue weighted by atomic mass is 16.5. The standard InChI is InChI=1S/C12H16N2O4/c1-3-18-11(15)7-8-14(2)10-6-4-5-9(13-10)12(16)17/h4-6H,3,7-8H2,1-2H3,(H,16,17). The number of aromatic carboxylic acids is 1. The number of carbonyl (C=O) groups is 2. The van der Waals surface area contributed by atoms with Gasteiger partial charge in [-0.3, -0.25) is 4.79 Å². The molecule has 0 aliphatic rings. The second-order valence-corrected chi connectivity index (χ2v) is 3.66. The molecule has 1 N–H and O–H groups in total. The molecule has 0 aromatic carbocycles. The Hall–Kier alpha value is -2.11. The highest BCUT2D eigenvalue weighted by Crippen LogP contribution is 2.10. The number of esters is 1. The SMILES string of the molecule is CCOC(=O)CCN(C)c1cccc(C(=O)O)n1. The molecule has 0 unspecified atom stereocenters. The van der Waals surface area contributed by atoms with Crippen molar-refractivity contribution in [1.29, 1.82) is 0 Å². The van der Waals surface area contributed by atoms with Gasteiger partial charge >= 0.3 is 11.9 Å². The van der Waals surface area contributed by atoms with Crippen molar-refractivity contribution in [1.82, 2.24) is 4.98 Å². The van der Waals surface area contributed by atoms with Crippen molar-refractivity contribution < 1.29 is 19.4 Å². The van der Waals surface area contributed by atoms with Crippen LogP contribution in [0.5, 0.6) is 0 Å². The molecule has 1 rings (SSSR count). The second-order valence-electron chi connectivity index (χ2n) is 3.66. The van der Waals surface area contributed by atoms with E-state index in [1.807, 2.05) is 0 Å². The molecule has 0 spiro atoms. The number of hydrogen-bond donors (Lipinski definition) is 1. The van der Waals surface area contributed by atoms with Gasteiger partial charge in [0, 0.05) is 13.6 Å². The van der Waals surface area contributed by atoms with E-state index in [0.29, 0.717) is 19.0 Å². The molecule has 0 aliphatic carbocycles. The van der Waals surface area contributed by atoms with E-state index in [1.165, 1.54) is 6.07 Å². The van der Waals surface area contributed by atoms with Crippen LogP contribution in [-0.4, -0.2) is 42.2 Å². The number of aromatic nitrogens is 1. The predicted octanol–water partition coefficient (Wildman–Crippen LogP) is 1.17. The lowest BCUT2D eigenvalue weighted by atomic mass is 10.3. The number of rotatable bonds is 6. The monoisotopic (exact) mass is 252 g/mol. The zero-order valence-corrected chi connectivity index (χ0v) is 10.4. The number of nitrogens with zero attached hydrogens (tertiary/aromatic N) is 2. The van der Waals surface area contributed by atoms with Crippen LogP contribution in [0.1, 0.15) is 23.8 Å². The lowest BCUT2D eigenvalue weighted by Gasteiger charge is -2.17. The zero-order chi connectivity index (χ0) is 13.5. The molecule has 6 nitrogen and oxygen atoms in total. The van der Waals surface area contributed by atoms with Crippen molar-refractivity contribution in [3.63, 3.8) is 0 Å². The molecule has 18 heavy (non-hydrogen) atoms. The molecule has 98 valence electrons. The van der Waals surface area contributed by atoms with Gasteiger partial charge in [-0.15, -0.1) is 0 Å². The fourth-order valence-electron chi connectivity index (χ4n) is 1.36. The van der Waals surface area contributed by atoms with Crippen molar-refractivity contribution in [2.45, 2.75) is 13.3 Å². The number of anilines is 1. The van der Waals surface area contributed by atoms with Crippen LogP contribution >= 0.6 is 0 Å². The molecule has 0 atom stereocenters. The largest absolute Gasteiger partial charge is 0.477 e. The van der Waals surface area contributed by atoms with Crippen molar-refractivity contribution >= 4 is 17.8 Å². The van der Waals surface area contributed by atoms with Crippen LogP contribution in [0.15, 0.2) is 18.2 Å². The molecule has 0 radical (unpaired) electrons. The average molecular weight is 252 g/mol. The number of carbonyl (C=O) groups excluding carboxylic acids is 1. The Morgan fingerprint density at radius 3 is 2.78 bits per heavy atom.